The van der Waals surface area contributed by atoms with Gasteiger partial charge in [0.1, 0.15) is 12.2 Å². The number of aromatic nitrogens is 1. The van der Waals surface area contributed by atoms with Crippen molar-refractivity contribution in [1.82, 2.24) is 5.32 Å². The van der Waals surface area contributed by atoms with Crippen LogP contribution in [0.2, 0.25) is 0 Å². The number of phosphoric acid groups is 1. The van der Waals surface area contributed by atoms with E-state index in [1.54, 1.807) is 18.3 Å². The zero-order valence-electron chi connectivity index (χ0n) is 26.0. The Bertz CT molecular complexity index is 1530. The molecule has 5 rings (SSSR count). The molecule has 2 heterocycles. The van der Waals surface area contributed by atoms with Crippen molar-refractivity contribution < 1.29 is 43.2 Å². The molecule has 1 amide bonds. The minimum absolute atomic E-state index is 0.280. The van der Waals surface area contributed by atoms with E-state index >= 15 is 0 Å². The van der Waals surface area contributed by atoms with E-state index in [1.165, 1.54) is 26.7 Å². The first-order chi connectivity index (χ1) is 22.7. The number of rotatable bonds is 15. The molecule has 12 heteroatoms. The van der Waals surface area contributed by atoms with Crippen molar-refractivity contribution in [2.45, 2.75) is 50.2 Å². The quantitative estimate of drug-likeness (QED) is 0.0731. The van der Waals surface area contributed by atoms with Crippen LogP contribution in [0, 0.1) is 0 Å². The molecular formula is C35H43N2O8P2+. The van der Waals surface area contributed by atoms with Gasteiger partial charge in [0, 0.05) is 0 Å². The summed E-state index contributed by atoms with van der Waals surface area (Å²) in [5, 5.41) is 27.9. The second-order valence-corrected chi connectivity index (χ2v) is 17.1. The van der Waals surface area contributed by atoms with E-state index in [-0.39, 0.29) is 5.91 Å². The van der Waals surface area contributed by atoms with Gasteiger partial charge >= 0.3 is 217 Å². The maximum absolute atomic E-state index is 12.9. The van der Waals surface area contributed by atoms with Crippen LogP contribution in [0.25, 0.3) is 0 Å². The molecule has 0 bridgehead atoms. The molecule has 4 aromatic rings. The number of carbonyl (C=O) groups excluding carboxylic acids is 1. The summed E-state index contributed by atoms with van der Waals surface area (Å²) >= 11 is 0. The maximum atomic E-state index is 12.9. The number of aliphatic hydroxyl groups excluding tert-OH is 2. The van der Waals surface area contributed by atoms with E-state index in [0.717, 1.165) is 31.8 Å². The third-order valence-corrected chi connectivity index (χ3v) is 14.2. The normalized spacial score (nSPS) is 20.2. The number of pyridine rings is 1. The molecular weight excluding hydrogens is 638 g/mol. The van der Waals surface area contributed by atoms with E-state index < -0.39 is 46.2 Å². The number of phosphoric ester groups is 1. The summed E-state index contributed by atoms with van der Waals surface area (Å²) in [6.07, 6.45) is 3.00. The molecule has 1 fully saturated rings. The Morgan fingerprint density at radius 2 is 1.34 bits per heavy atom. The van der Waals surface area contributed by atoms with Crippen molar-refractivity contribution in [3.63, 3.8) is 0 Å². The predicted molar refractivity (Wildman–Crippen MR) is 183 cm³/mol. The first kappa shape index (κ1) is 35.0. The van der Waals surface area contributed by atoms with E-state index in [4.69, 9.17) is 14.5 Å². The third-order valence-electron chi connectivity index (χ3n) is 8.69. The Morgan fingerprint density at radius 3 is 1.89 bits per heavy atom. The Labute approximate surface area is 275 Å². The van der Waals surface area contributed by atoms with Gasteiger partial charge in [0.05, 0.1) is 6.61 Å². The van der Waals surface area contributed by atoms with Gasteiger partial charge in [0.2, 0.25) is 0 Å². The molecule has 1 saturated heterocycles. The summed E-state index contributed by atoms with van der Waals surface area (Å²) in [7, 11) is -7.03. The number of hydrogen-bond donors (Lipinski definition) is 5. The van der Waals surface area contributed by atoms with Crippen molar-refractivity contribution in [3.05, 3.63) is 121 Å². The van der Waals surface area contributed by atoms with Crippen molar-refractivity contribution in [3.8, 4) is 0 Å². The van der Waals surface area contributed by atoms with Gasteiger partial charge in [-0.05, 0) is 0 Å². The topological polar surface area (TPSA) is 149 Å². The fourth-order valence-electron chi connectivity index (χ4n) is 6.34. The van der Waals surface area contributed by atoms with E-state index in [9.17, 15) is 19.6 Å². The van der Waals surface area contributed by atoms with Crippen molar-refractivity contribution in [1.29, 1.82) is 0 Å². The number of hydrogen-bond acceptors (Lipinski definition) is 6. The van der Waals surface area contributed by atoms with Gasteiger partial charge in [-0.2, -0.15) is 0 Å². The van der Waals surface area contributed by atoms with Gasteiger partial charge in [-0.25, -0.2) is 4.57 Å². The van der Waals surface area contributed by atoms with Crippen LogP contribution in [0.3, 0.4) is 0 Å². The van der Waals surface area contributed by atoms with Crippen molar-refractivity contribution in [2.75, 3.05) is 19.3 Å². The number of benzene rings is 3. The van der Waals surface area contributed by atoms with Crippen LogP contribution in [0.4, 0.5) is 0 Å². The standard InChI is InChI=1S/C35H42N2O8P2/c38-32-31(26-44-47(41,42)43)45-35(33(32)39)37-23-14-15-27(25-37)34(40)36-22-12-1-2-13-24-46(28-16-6-3-7-17-28,29-18-8-4-9-19-29)30-20-10-5-11-21-30/h3-11,14-21,23,25,31-33,35,38-39,46H,1-2,12-13,22,24,26H2,(H2-,36,40,41,42,43)/p+1/t31-,32-,33-,35-/m1/s1. The molecule has 47 heavy (non-hydrogen) atoms. The molecule has 5 N–H and O–H groups in total. The molecule has 1 aliphatic heterocycles. The molecule has 3 aromatic carbocycles. The Hall–Kier alpha value is -3.30. The molecule has 0 saturated carbocycles. The van der Waals surface area contributed by atoms with Gasteiger partial charge in [-0.15, -0.1) is 0 Å². The molecule has 0 radical (unpaired) electrons. The summed E-state index contributed by atoms with van der Waals surface area (Å²) < 4.78 is 22.5. The van der Waals surface area contributed by atoms with Crippen LogP contribution in [-0.2, 0) is 13.8 Å². The first-order valence-corrected chi connectivity index (χ1v) is 19.6. The van der Waals surface area contributed by atoms with Crippen molar-refractivity contribution in [2.24, 2.45) is 0 Å². The molecule has 0 unspecified atom stereocenters. The molecule has 1 aliphatic rings. The first-order valence-electron chi connectivity index (χ1n) is 15.9. The SMILES string of the molecule is O=C(NCCCCCC[PH](c1ccccc1)(c1ccccc1)c1ccccc1)c1ccc[n+]([C@@H]2O[C@H](COP(=O)(O)O)[C@@H](O)[C@H]2O)c1. The molecule has 250 valence electrons. The number of carbonyl (C=O) groups is 1. The third kappa shape index (κ3) is 8.79. The Balaban J connectivity index is 1.15. The van der Waals surface area contributed by atoms with Crippen LogP contribution in [0.15, 0.2) is 116 Å². The predicted octanol–water partition coefficient (Wildman–Crippen LogP) is 2.72. The van der Waals surface area contributed by atoms with Gasteiger partial charge < -0.3 is 24.7 Å². The van der Waals surface area contributed by atoms with E-state index in [1.807, 2.05) is 0 Å². The zero-order chi connectivity index (χ0) is 33.3. The summed E-state index contributed by atoms with van der Waals surface area (Å²) in [5.74, 6) is -0.280. The van der Waals surface area contributed by atoms with Gasteiger partial charge in [0.15, 0.2) is 6.10 Å². The number of nitrogens with one attached hydrogen (secondary N) is 1. The Kier molecular flexibility index (Phi) is 12.1. The van der Waals surface area contributed by atoms with Crippen LogP contribution in [0.1, 0.15) is 42.3 Å². The number of aliphatic hydroxyl groups is 2. The second-order valence-electron chi connectivity index (χ2n) is 11.8. The number of unbranched alkanes of at least 4 members (excludes halogenated alkanes) is 3. The minimum atomic E-state index is -4.77. The van der Waals surface area contributed by atoms with Crippen LogP contribution < -0.4 is 25.8 Å². The fourth-order valence-corrected chi connectivity index (χ4v) is 11.6. The summed E-state index contributed by atoms with van der Waals surface area (Å²) in [5.41, 5.74) is 0.345. The van der Waals surface area contributed by atoms with Crippen molar-refractivity contribution >= 4 is 36.9 Å². The number of ether oxygens (including phenoxy) is 1. The van der Waals surface area contributed by atoms with Gasteiger partial charge in [-0.3, -0.25) is 4.52 Å². The molecule has 0 spiro atoms. The number of nitrogens with zero attached hydrogens (tertiary/aromatic N) is 1. The fraction of sp³-hybridized carbons (Fsp3) is 0.314. The molecule has 4 atom stereocenters. The molecule has 10 nitrogen and oxygen atoms in total. The van der Waals surface area contributed by atoms with E-state index in [2.05, 4.69) is 101 Å². The van der Waals surface area contributed by atoms with Crippen LogP contribution >= 0.6 is 15.1 Å². The summed E-state index contributed by atoms with van der Waals surface area (Å²) in [6, 6.07) is 35.9. The van der Waals surface area contributed by atoms with E-state index in [0.29, 0.717) is 12.1 Å². The van der Waals surface area contributed by atoms with Gasteiger partial charge in [-0.1, -0.05) is 0 Å². The average molecular weight is 682 g/mol. The zero-order valence-corrected chi connectivity index (χ0v) is 27.9. The monoisotopic (exact) mass is 681 g/mol. The Morgan fingerprint density at radius 1 is 0.787 bits per heavy atom. The summed E-state index contributed by atoms with van der Waals surface area (Å²) in [6.45, 7) is -0.0942. The van der Waals surface area contributed by atoms with Gasteiger partial charge in [0.25, 0.3) is 0 Å². The molecule has 0 aliphatic carbocycles. The molecule has 1 aromatic heterocycles. The number of amides is 1. The van der Waals surface area contributed by atoms with Crippen LogP contribution in [0.5, 0.6) is 0 Å². The van der Waals surface area contributed by atoms with Crippen LogP contribution in [-0.4, -0.2) is 63.5 Å². The summed E-state index contributed by atoms with van der Waals surface area (Å²) in [4.78, 5) is 30.8. The second kappa shape index (κ2) is 16.2. The average Bonchev–Trinajstić information content (AvgIpc) is 3.38.